The molecule has 3 aromatic rings. The standard InChI is InChI=1S/C24H24O3/c1-17(2)21-14-13-20(15-18(21)3)27-24(25)16-26-23-12-8-7-11-22(23)19-9-5-4-6-10-19/h4-15,17H,16H2,1-3H3. The first-order valence-electron chi connectivity index (χ1n) is 9.13. The van der Waals surface area contributed by atoms with Gasteiger partial charge in [0.05, 0.1) is 0 Å². The smallest absolute Gasteiger partial charge is 0.349 e. The molecule has 0 atom stereocenters. The van der Waals surface area contributed by atoms with E-state index in [-0.39, 0.29) is 6.61 Å². The molecule has 0 aliphatic rings. The Bertz CT molecular complexity index is 914. The molecule has 0 radical (unpaired) electrons. The molecule has 0 heterocycles. The fourth-order valence-corrected chi connectivity index (χ4v) is 3.11. The number of hydrogen-bond donors (Lipinski definition) is 0. The molecule has 0 saturated carbocycles. The lowest BCUT2D eigenvalue weighted by Crippen LogP contribution is -2.18. The second kappa shape index (κ2) is 8.54. The second-order valence-electron chi connectivity index (χ2n) is 6.80. The van der Waals surface area contributed by atoms with Gasteiger partial charge in [-0.1, -0.05) is 68.4 Å². The van der Waals surface area contributed by atoms with Gasteiger partial charge in [0.25, 0.3) is 0 Å². The molecule has 3 rings (SSSR count). The van der Waals surface area contributed by atoms with Crippen molar-refractivity contribution in [1.29, 1.82) is 0 Å². The van der Waals surface area contributed by atoms with Crippen molar-refractivity contribution >= 4 is 5.97 Å². The molecule has 138 valence electrons. The highest BCUT2D eigenvalue weighted by atomic mass is 16.6. The number of ether oxygens (including phenoxy) is 2. The van der Waals surface area contributed by atoms with Gasteiger partial charge in [-0.05, 0) is 47.7 Å². The van der Waals surface area contributed by atoms with E-state index in [1.807, 2.05) is 79.7 Å². The highest BCUT2D eigenvalue weighted by Crippen LogP contribution is 2.29. The molecule has 0 bridgehead atoms. The third-order valence-electron chi connectivity index (χ3n) is 4.41. The number of esters is 1. The molecule has 0 unspecified atom stereocenters. The van der Waals surface area contributed by atoms with Crippen LogP contribution in [-0.2, 0) is 4.79 Å². The second-order valence-corrected chi connectivity index (χ2v) is 6.80. The van der Waals surface area contributed by atoms with Gasteiger partial charge < -0.3 is 9.47 Å². The average molecular weight is 360 g/mol. The van der Waals surface area contributed by atoms with Crippen LogP contribution in [0.5, 0.6) is 11.5 Å². The number of benzene rings is 3. The maximum atomic E-state index is 12.2. The number of aryl methyl sites for hydroxylation is 1. The minimum atomic E-state index is -0.422. The first-order chi connectivity index (χ1) is 13.0. The fraction of sp³-hybridized carbons (Fsp3) is 0.208. The summed E-state index contributed by atoms with van der Waals surface area (Å²) in [5.41, 5.74) is 4.36. The first kappa shape index (κ1) is 18.7. The van der Waals surface area contributed by atoms with Crippen LogP contribution in [0.1, 0.15) is 30.9 Å². The van der Waals surface area contributed by atoms with Gasteiger partial charge in [-0.3, -0.25) is 0 Å². The largest absolute Gasteiger partial charge is 0.481 e. The predicted octanol–water partition coefficient (Wildman–Crippen LogP) is 5.77. The average Bonchev–Trinajstić information content (AvgIpc) is 2.67. The number of hydrogen-bond acceptors (Lipinski definition) is 3. The Labute approximate surface area is 160 Å². The predicted molar refractivity (Wildman–Crippen MR) is 108 cm³/mol. The lowest BCUT2D eigenvalue weighted by atomic mass is 9.98. The van der Waals surface area contributed by atoms with E-state index >= 15 is 0 Å². The molecule has 0 N–H and O–H groups in total. The summed E-state index contributed by atoms with van der Waals surface area (Å²) in [7, 11) is 0. The molecule has 0 aliphatic carbocycles. The Balaban J connectivity index is 1.66. The Kier molecular flexibility index (Phi) is 5.92. The summed E-state index contributed by atoms with van der Waals surface area (Å²) in [6, 6.07) is 23.4. The Morgan fingerprint density at radius 3 is 2.33 bits per heavy atom. The normalized spacial score (nSPS) is 10.7. The van der Waals surface area contributed by atoms with Crippen LogP contribution >= 0.6 is 0 Å². The van der Waals surface area contributed by atoms with E-state index in [0.717, 1.165) is 16.7 Å². The van der Waals surface area contributed by atoms with Gasteiger partial charge in [0.2, 0.25) is 0 Å². The summed E-state index contributed by atoms with van der Waals surface area (Å²) < 4.78 is 11.2. The third-order valence-corrected chi connectivity index (χ3v) is 4.41. The molecule has 0 fully saturated rings. The monoisotopic (exact) mass is 360 g/mol. The third kappa shape index (κ3) is 4.76. The molecule has 0 aliphatic heterocycles. The molecule has 0 spiro atoms. The quantitative estimate of drug-likeness (QED) is 0.413. The van der Waals surface area contributed by atoms with E-state index in [4.69, 9.17) is 9.47 Å². The van der Waals surface area contributed by atoms with Crippen LogP contribution in [0.2, 0.25) is 0 Å². The first-order valence-corrected chi connectivity index (χ1v) is 9.13. The zero-order valence-electron chi connectivity index (χ0n) is 15.9. The van der Waals surface area contributed by atoms with Crippen molar-refractivity contribution in [3.8, 4) is 22.6 Å². The highest BCUT2D eigenvalue weighted by Gasteiger charge is 2.11. The number of carbonyl (C=O) groups is 1. The molecular formula is C24H24O3. The van der Waals surface area contributed by atoms with Crippen LogP contribution in [0.3, 0.4) is 0 Å². The van der Waals surface area contributed by atoms with Crippen LogP contribution < -0.4 is 9.47 Å². The van der Waals surface area contributed by atoms with Gasteiger partial charge in [-0.2, -0.15) is 0 Å². The van der Waals surface area contributed by atoms with Crippen LogP contribution in [0.4, 0.5) is 0 Å². The van der Waals surface area contributed by atoms with Gasteiger partial charge in [0.15, 0.2) is 6.61 Å². The van der Waals surface area contributed by atoms with Gasteiger partial charge >= 0.3 is 5.97 Å². The minimum Gasteiger partial charge on any atom is -0.481 e. The SMILES string of the molecule is Cc1cc(OC(=O)COc2ccccc2-c2ccccc2)ccc1C(C)C. The molecule has 3 aromatic carbocycles. The fourth-order valence-electron chi connectivity index (χ4n) is 3.11. The summed E-state index contributed by atoms with van der Waals surface area (Å²) in [6.07, 6.45) is 0. The Hall–Kier alpha value is -3.07. The molecule has 0 amide bonds. The van der Waals surface area contributed by atoms with E-state index in [9.17, 15) is 4.79 Å². The van der Waals surface area contributed by atoms with Crippen molar-refractivity contribution in [1.82, 2.24) is 0 Å². The van der Waals surface area contributed by atoms with Crippen molar-refractivity contribution in [2.45, 2.75) is 26.7 Å². The highest BCUT2D eigenvalue weighted by molar-refractivity contribution is 5.75. The lowest BCUT2D eigenvalue weighted by Gasteiger charge is -2.13. The van der Waals surface area contributed by atoms with Crippen LogP contribution in [0.25, 0.3) is 11.1 Å². The summed E-state index contributed by atoms with van der Waals surface area (Å²) in [6.45, 7) is 6.17. The number of para-hydroxylation sites is 1. The summed E-state index contributed by atoms with van der Waals surface area (Å²) in [4.78, 5) is 12.2. The van der Waals surface area contributed by atoms with Crippen LogP contribution in [0.15, 0.2) is 72.8 Å². The number of rotatable bonds is 6. The summed E-state index contributed by atoms with van der Waals surface area (Å²) >= 11 is 0. The Morgan fingerprint density at radius 2 is 1.63 bits per heavy atom. The Morgan fingerprint density at radius 1 is 0.926 bits per heavy atom. The van der Waals surface area contributed by atoms with E-state index in [1.54, 1.807) is 0 Å². The summed E-state index contributed by atoms with van der Waals surface area (Å²) in [5.74, 6) is 1.22. The van der Waals surface area contributed by atoms with Crippen molar-refractivity contribution < 1.29 is 14.3 Å². The van der Waals surface area contributed by atoms with E-state index in [0.29, 0.717) is 17.4 Å². The molecule has 0 saturated heterocycles. The van der Waals surface area contributed by atoms with E-state index in [1.165, 1.54) is 5.56 Å². The van der Waals surface area contributed by atoms with Gasteiger partial charge in [0, 0.05) is 5.56 Å². The van der Waals surface area contributed by atoms with Crippen molar-refractivity contribution in [3.63, 3.8) is 0 Å². The van der Waals surface area contributed by atoms with Crippen molar-refractivity contribution in [2.75, 3.05) is 6.61 Å². The van der Waals surface area contributed by atoms with Crippen molar-refractivity contribution in [2.24, 2.45) is 0 Å². The minimum absolute atomic E-state index is 0.144. The maximum absolute atomic E-state index is 12.2. The van der Waals surface area contributed by atoms with Gasteiger partial charge in [0.1, 0.15) is 11.5 Å². The molecule has 0 aromatic heterocycles. The van der Waals surface area contributed by atoms with E-state index in [2.05, 4.69) is 13.8 Å². The van der Waals surface area contributed by atoms with Gasteiger partial charge in [-0.15, -0.1) is 0 Å². The van der Waals surface area contributed by atoms with Gasteiger partial charge in [-0.25, -0.2) is 4.79 Å². The molecule has 3 heteroatoms. The zero-order chi connectivity index (χ0) is 19.2. The topological polar surface area (TPSA) is 35.5 Å². The summed E-state index contributed by atoms with van der Waals surface area (Å²) in [5, 5.41) is 0. The zero-order valence-corrected chi connectivity index (χ0v) is 15.9. The number of carbonyl (C=O) groups excluding carboxylic acids is 1. The molecule has 27 heavy (non-hydrogen) atoms. The maximum Gasteiger partial charge on any atom is 0.349 e. The van der Waals surface area contributed by atoms with Crippen molar-refractivity contribution in [3.05, 3.63) is 83.9 Å². The van der Waals surface area contributed by atoms with Crippen LogP contribution in [-0.4, -0.2) is 12.6 Å². The van der Waals surface area contributed by atoms with E-state index < -0.39 is 5.97 Å². The molecular weight excluding hydrogens is 336 g/mol. The molecule has 3 nitrogen and oxygen atoms in total. The van der Waals surface area contributed by atoms with Crippen LogP contribution in [0, 0.1) is 6.92 Å². The lowest BCUT2D eigenvalue weighted by molar-refractivity contribution is -0.136.